The fraction of sp³-hybridized carbons (Fsp3) is 0.500. The first-order chi connectivity index (χ1) is 8.58. The summed E-state index contributed by atoms with van der Waals surface area (Å²) >= 11 is 6.02. The molecule has 1 amide bonds. The van der Waals surface area contributed by atoms with Crippen LogP contribution >= 0.6 is 11.6 Å². The molecule has 2 rings (SSSR count). The van der Waals surface area contributed by atoms with E-state index in [1.165, 1.54) is 19.3 Å². The van der Waals surface area contributed by atoms with Crippen molar-refractivity contribution in [3.8, 4) is 0 Å². The SMILES string of the molecule is CCC1(CNC(=O)c2c(N)cccc2Cl)CCC1. The molecule has 18 heavy (non-hydrogen) atoms. The molecule has 1 fully saturated rings. The standard InChI is InChI=1S/C14H19ClN2O/c1-2-14(7-4-8-14)9-17-13(18)12-10(15)5-3-6-11(12)16/h3,5-6H,2,4,7-9,16H2,1H3,(H,17,18). The van der Waals surface area contributed by atoms with Crippen LogP contribution in [-0.2, 0) is 0 Å². The van der Waals surface area contributed by atoms with Crippen LogP contribution in [0.25, 0.3) is 0 Å². The minimum absolute atomic E-state index is 0.169. The first-order valence-electron chi connectivity index (χ1n) is 6.40. The fourth-order valence-electron chi connectivity index (χ4n) is 2.47. The van der Waals surface area contributed by atoms with Crippen LogP contribution in [0.3, 0.4) is 0 Å². The van der Waals surface area contributed by atoms with Gasteiger partial charge in [0, 0.05) is 12.2 Å². The average Bonchev–Trinajstić information content (AvgIpc) is 2.28. The number of nitrogens with one attached hydrogen (secondary N) is 1. The van der Waals surface area contributed by atoms with E-state index in [9.17, 15) is 4.79 Å². The van der Waals surface area contributed by atoms with Gasteiger partial charge in [-0.15, -0.1) is 0 Å². The van der Waals surface area contributed by atoms with Crippen molar-refractivity contribution in [1.82, 2.24) is 5.32 Å². The minimum Gasteiger partial charge on any atom is -0.398 e. The van der Waals surface area contributed by atoms with Crippen molar-refractivity contribution < 1.29 is 4.79 Å². The quantitative estimate of drug-likeness (QED) is 0.822. The Morgan fingerprint density at radius 1 is 1.50 bits per heavy atom. The van der Waals surface area contributed by atoms with Crippen molar-refractivity contribution in [1.29, 1.82) is 0 Å². The third-order valence-corrected chi connectivity index (χ3v) is 4.38. The lowest BCUT2D eigenvalue weighted by atomic mass is 9.67. The Morgan fingerprint density at radius 3 is 2.72 bits per heavy atom. The molecule has 0 aliphatic heterocycles. The highest BCUT2D eigenvalue weighted by molar-refractivity contribution is 6.34. The van der Waals surface area contributed by atoms with Crippen LogP contribution in [-0.4, -0.2) is 12.5 Å². The van der Waals surface area contributed by atoms with Crippen molar-refractivity contribution >= 4 is 23.2 Å². The molecule has 0 aromatic heterocycles. The van der Waals surface area contributed by atoms with Gasteiger partial charge in [0.15, 0.2) is 0 Å². The van der Waals surface area contributed by atoms with Gasteiger partial charge in [0.1, 0.15) is 0 Å². The number of carbonyl (C=O) groups is 1. The molecule has 0 radical (unpaired) electrons. The molecule has 1 aromatic carbocycles. The van der Waals surface area contributed by atoms with Gasteiger partial charge in [-0.25, -0.2) is 0 Å². The van der Waals surface area contributed by atoms with Crippen molar-refractivity contribution in [2.45, 2.75) is 32.6 Å². The molecule has 4 heteroatoms. The molecule has 1 saturated carbocycles. The van der Waals surface area contributed by atoms with Crippen molar-refractivity contribution in [3.05, 3.63) is 28.8 Å². The molecule has 1 aliphatic carbocycles. The maximum atomic E-state index is 12.1. The van der Waals surface area contributed by atoms with E-state index in [0.717, 1.165) is 6.42 Å². The maximum absolute atomic E-state index is 12.1. The van der Waals surface area contributed by atoms with E-state index in [-0.39, 0.29) is 5.91 Å². The molecule has 0 bridgehead atoms. The van der Waals surface area contributed by atoms with Crippen LogP contribution in [0.15, 0.2) is 18.2 Å². The van der Waals surface area contributed by atoms with Gasteiger partial charge in [-0.2, -0.15) is 0 Å². The highest BCUT2D eigenvalue weighted by atomic mass is 35.5. The minimum atomic E-state index is -0.169. The molecule has 0 saturated heterocycles. The molecular formula is C14H19ClN2O. The highest BCUT2D eigenvalue weighted by Gasteiger charge is 2.35. The van der Waals surface area contributed by atoms with Crippen molar-refractivity contribution in [3.63, 3.8) is 0 Å². The second-order valence-corrected chi connectivity index (χ2v) is 5.50. The van der Waals surface area contributed by atoms with Gasteiger partial charge in [-0.3, -0.25) is 4.79 Å². The lowest BCUT2D eigenvalue weighted by Gasteiger charge is -2.41. The Bertz CT molecular complexity index is 429. The number of amides is 1. The van der Waals surface area contributed by atoms with E-state index in [2.05, 4.69) is 12.2 Å². The number of hydrogen-bond donors (Lipinski definition) is 2. The van der Waals surface area contributed by atoms with E-state index >= 15 is 0 Å². The number of nitrogen functional groups attached to an aromatic ring is 1. The predicted molar refractivity (Wildman–Crippen MR) is 74.8 cm³/mol. The lowest BCUT2D eigenvalue weighted by Crippen LogP contribution is -2.41. The molecule has 0 heterocycles. The van der Waals surface area contributed by atoms with E-state index < -0.39 is 0 Å². The van der Waals surface area contributed by atoms with Gasteiger partial charge < -0.3 is 11.1 Å². The Kier molecular flexibility index (Phi) is 3.81. The fourth-order valence-corrected chi connectivity index (χ4v) is 2.74. The van der Waals surface area contributed by atoms with Crippen LogP contribution in [0, 0.1) is 5.41 Å². The maximum Gasteiger partial charge on any atom is 0.254 e. The Morgan fingerprint density at radius 2 is 2.22 bits per heavy atom. The van der Waals surface area contributed by atoms with Crippen LogP contribution in [0.4, 0.5) is 5.69 Å². The summed E-state index contributed by atoms with van der Waals surface area (Å²) in [5.41, 5.74) is 6.92. The Balaban J connectivity index is 2.04. The van der Waals surface area contributed by atoms with Crippen LogP contribution < -0.4 is 11.1 Å². The predicted octanol–water partition coefficient (Wildman–Crippen LogP) is 3.23. The molecule has 3 nitrogen and oxygen atoms in total. The van der Waals surface area contributed by atoms with Crippen LogP contribution in [0.5, 0.6) is 0 Å². The summed E-state index contributed by atoms with van der Waals surface area (Å²) in [4.78, 5) is 12.1. The molecule has 1 aromatic rings. The second-order valence-electron chi connectivity index (χ2n) is 5.09. The van der Waals surface area contributed by atoms with E-state index in [1.807, 2.05) is 0 Å². The zero-order chi connectivity index (χ0) is 13.2. The van der Waals surface area contributed by atoms with E-state index in [0.29, 0.717) is 28.2 Å². The third kappa shape index (κ3) is 2.46. The van der Waals surface area contributed by atoms with E-state index in [4.69, 9.17) is 17.3 Å². The lowest BCUT2D eigenvalue weighted by molar-refractivity contribution is 0.0851. The largest absolute Gasteiger partial charge is 0.398 e. The van der Waals surface area contributed by atoms with Gasteiger partial charge in [-0.05, 0) is 36.8 Å². The van der Waals surface area contributed by atoms with Gasteiger partial charge in [0.2, 0.25) is 0 Å². The molecule has 0 unspecified atom stereocenters. The van der Waals surface area contributed by atoms with Crippen LogP contribution in [0.2, 0.25) is 5.02 Å². The zero-order valence-corrected chi connectivity index (χ0v) is 11.4. The number of rotatable bonds is 4. The summed E-state index contributed by atoms with van der Waals surface area (Å²) in [6.45, 7) is 2.89. The average molecular weight is 267 g/mol. The van der Waals surface area contributed by atoms with Gasteiger partial charge in [0.05, 0.1) is 10.6 Å². The summed E-state index contributed by atoms with van der Waals surface area (Å²) in [5, 5.41) is 3.38. The third-order valence-electron chi connectivity index (χ3n) is 4.06. The molecule has 3 N–H and O–H groups in total. The number of anilines is 1. The smallest absolute Gasteiger partial charge is 0.254 e. The highest BCUT2D eigenvalue weighted by Crippen LogP contribution is 2.43. The summed E-state index contributed by atoms with van der Waals surface area (Å²) < 4.78 is 0. The summed E-state index contributed by atoms with van der Waals surface area (Å²) in [7, 11) is 0. The normalized spacial score (nSPS) is 17.0. The van der Waals surface area contributed by atoms with Crippen molar-refractivity contribution in [2.75, 3.05) is 12.3 Å². The number of carbonyl (C=O) groups excluding carboxylic acids is 1. The van der Waals surface area contributed by atoms with Gasteiger partial charge in [0.25, 0.3) is 5.91 Å². The second kappa shape index (κ2) is 5.19. The Hall–Kier alpha value is -1.22. The van der Waals surface area contributed by atoms with E-state index in [1.54, 1.807) is 18.2 Å². The number of halogens is 1. The first-order valence-corrected chi connectivity index (χ1v) is 6.78. The molecule has 0 atom stereocenters. The summed E-state index contributed by atoms with van der Waals surface area (Å²) in [6.07, 6.45) is 4.76. The number of hydrogen-bond acceptors (Lipinski definition) is 2. The van der Waals surface area contributed by atoms with Crippen LogP contribution in [0.1, 0.15) is 43.0 Å². The zero-order valence-electron chi connectivity index (χ0n) is 10.6. The number of nitrogens with two attached hydrogens (primary N) is 1. The summed E-state index contributed by atoms with van der Waals surface area (Å²) in [6, 6.07) is 5.12. The first kappa shape index (κ1) is 13.2. The Labute approximate surface area is 113 Å². The number of benzene rings is 1. The summed E-state index contributed by atoms with van der Waals surface area (Å²) in [5.74, 6) is -0.169. The monoisotopic (exact) mass is 266 g/mol. The molecule has 98 valence electrons. The molecule has 1 aliphatic rings. The van der Waals surface area contributed by atoms with Crippen molar-refractivity contribution in [2.24, 2.45) is 5.41 Å². The molecule has 0 spiro atoms. The topological polar surface area (TPSA) is 55.1 Å². The van der Waals surface area contributed by atoms with Gasteiger partial charge in [-0.1, -0.05) is 31.0 Å². The molecular weight excluding hydrogens is 248 g/mol. The van der Waals surface area contributed by atoms with Gasteiger partial charge >= 0.3 is 0 Å².